The van der Waals surface area contributed by atoms with E-state index in [2.05, 4.69) is 11.0 Å². The molecule has 1 atom stereocenters. The van der Waals surface area contributed by atoms with E-state index in [0.29, 0.717) is 12.2 Å². The van der Waals surface area contributed by atoms with E-state index in [1.54, 1.807) is 12.1 Å². The Bertz CT molecular complexity index is 770. The normalized spacial score (nSPS) is 18.5. The van der Waals surface area contributed by atoms with Crippen LogP contribution in [0.4, 0.5) is 4.39 Å². The minimum Gasteiger partial charge on any atom is -0.361 e. The van der Waals surface area contributed by atoms with Crippen molar-refractivity contribution in [1.82, 2.24) is 4.90 Å². The first-order valence-corrected chi connectivity index (χ1v) is 8.13. The van der Waals surface area contributed by atoms with Crippen molar-refractivity contribution in [2.75, 3.05) is 20.6 Å². The molecule has 2 aromatic rings. The molecule has 0 saturated carbocycles. The van der Waals surface area contributed by atoms with E-state index in [4.69, 9.17) is 10.00 Å². The molecule has 2 aromatic carbocycles. The van der Waals surface area contributed by atoms with Crippen LogP contribution in [0.5, 0.6) is 0 Å². The Labute approximate surface area is 154 Å². The molecular formula is C20H22ClFN2O. The van der Waals surface area contributed by atoms with Crippen molar-refractivity contribution < 1.29 is 9.13 Å². The molecule has 132 valence electrons. The van der Waals surface area contributed by atoms with Gasteiger partial charge in [-0.2, -0.15) is 5.26 Å². The van der Waals surface area contributed by atoms with Crippen LogP contribution in [0, 0.1) is 17.1 Å². The zero-order valence-electron chi connectivity index (χ0n) is 14.5. The van der Waals surface area contributed by atoms with Gasteiger partial charge in [-0.15, -0.1) is 12.4 Å². The number of hydrogen-bond donors (Lipinski definition) is 0. The molecule has 0 radical (unpaired) electrons. The number of halogens is 2. The third kappa shape index (κ3) is 3.85. The summed E-state index contributed by atoms with van der Waals surface area (Å²) in [5.41, 5.74) is 3.18. The first kappa shape index (κ1) is 19.4. The molecule has 0 saturated heterocycles. The monoisotopic (exact) mass is 360 g/mol. The Kier molecular flexibility index (Phi) is 6.18. The van der Waals surface area contributed by atoms with Crippen LogP contribution in [0.1, 0.15) is 35.1 Å². The van der Waals surface area contributed by atoms with Crippen molar-refractivity contribution >= 4 is 12.4 Å². The molecule has 0 amide bonds. The molecule has 1 aliphatic rings. The Hall–Kier alpha value is -1.93. The number of benzene rings is 2. The van der Waals surface area contributed by atoms with Crippen LogP contribution in [0.2, 0.25) is 0 Å². The minimum atomic E-state index is -0.562. The van der Waals surface area contributed by atoms with E-state index in [1.807, 2.05) is 32.3 Å². The van der Waals surface area contributed by atoms with Crippen molar-refractivity contribution in [3.63, 3.8) is 0 Å². The standard InChI is InChI=1S/C20H21FN2O.ClH/c1-23(2)11-3-10-20(17-5-7-18(21)8-6-17)19-9-4-15(13-22)12-16(19)14-24-20;/h4-9,12H,3,10-11,14H2,1-2H3;1H/t20-;/m0./s1. The maximum Gasteiger partial charge on any atom is 0.123 e. The molecule has 0 fully saturated rings. The summed E-state index contributed by atoms with van der Waals surface area (Å²) in [6, 6.07) is 14.5. The molecule has 5 heteroatoms. The summed E-state index contributed by atoms with van der Waals surface area (Å²) in [6.07, 6.45) is 1.78. The lowest BCUT2D eigenvalue weighted by molar-refractivity contribution is -0.0140. The summed E-state index contributed by atoms with van der Waals surface area (Å²) in [4.78, 5) is 2.15. The number of nitrogens with zero attached hydrogens (tertiary/aromatic N) is 2. The van der Waals surface area contributed by atoms with Crippen LogP contribution < -0.4 is 0 Å². The maximum atomic E-state index is 13.4. The van der Waals surface area contributed by atoms with Gasteiger partial charge < -0.3 is 9.64 Å². The lowest BCUT2D eigenvalue weighted by Gasteiger charge is -2.31. The molecule has 0 N–H and O–H groups in total. The largest absolute Gasteiger partial charge is 0.361 e. The molecule has 25 heavy (non-hydrogen) atoms. The van der Waals surface area contributed by atoms with Crippen molar-refractivity contribution in [2.45, 2.75) is 25.0 Å². The fourth-order valence-corrected chi connectivity index (χ4v) is 3.41. The molecule has 0 unspecified atom stereocenters. The van der Waals surface area contributed by atoms with Crippen molar-refractivity contribution in [1.29, 1.82) is 5.26 Å². The Morgan fingerprint density at radius 2 is 1.92 bits per heavy atom. The second-order valence-electron chi connectivity index (χ2n) is 6.51. The summed E-state index contributed by atoms with van der Waals surface area (Å²) in [6.45, 7) is 1.43. The van der Waals surface area contributed by atoms with Gasteiger partial charge in [0.25, 0.3) is 0 Å². The number of nitriles is 1. The van der Waals surface area contributed by atoms with Crippen molar-refractivity contribution in [2.24, 2.45) is 0 Å². The van der Waals surface area contributed by atoms with Gasteiger partial charge in [0.2, 0.25) is 0 Å². The Morgan fingerprint density at radius 3 is 2.56 bits per heavy atom. The highest BCUT2D eigenvalue weighted by atomic mass is 35.5. The predicted molar refractivity (Wildman–Crippen MR) is 98.2 cm³/mol. The van der Waals surface area contributed by atoms with E-state index in [0.717, 1.165) is 36.1 Å². The Balaban J connectivity index is 0.00000225. The smallest absolute Gasteiger partial charge is 0.123 e. The molecule has 1 aliphatic heterocycles. The average molecular weight is 361 g/mol. The second kappa shape index (κ2) is 7.97. The summed E-state index contributed by atoms with van der Waals surface area (Å²) in [5.74, 6) is -0.250. The molecule has 3 rings (SSSR count). The third-order valence-corrected chi connectivity index (χ3v) is 4.59. The first-order chi connectivity index (χ1) is 11.5. The van der Waals surface area contributed by atoms with Crippen molar-refractivity contribution in [3.05, 3.63) is 70.5 Å². The molecule has 1 heterocycles. The molecule has 0 spiro atoms. The summed E-state index contributed by atoms with van der Waals surface area (Å²) >= 11 is 0. The van der Waals surface area contributed by atoms with E-state index in [1.165, 1.54) is 12.1 Å². The van der Waals surface area contributed by atoms with Gasteiger partial charge in [-0.1, -0.05) is 18.2 Å². The third-order valence-electron chi connectivity index (χ3n) is 4.59. The summed E-state index contributed by atoms with van der Waals surface area (Å²) < 4.78 is 19.6. The summed E-state index contributed by atoms with van der Waals surface area (Å²) in [5, 5.41) is 9.11. The first-order valence-electron chi connectivity index (χ1n) is 8.13. The van der Waals surface area contributed by atoms with E-state index in [9.17, 15) is 4.39 Å². The minimum absolute atomic E-state index is 0. The van der Waals surface area contributed by atoms with Crippen LogP contribution in [0.15, 0.2) is 42.5 Å². The van der Waals surface area contributed by atoms with Crippen molar-refractivity contribution in [3.8, 4) is 6.07 Å². The molecule has 0 aromatic heterocycles. The van der Waals surface area contributed by atoms with Gasteiger partial charge in [-0.05, 0) is 74.4 Å². The van der Waals surface area contributed by atoms with Gasteiger partial charge in [0, 0.05) is 0 Å². The SMILES string of the molecule is CN(C)CCC[C@@]1(c2ccc(F)cc2)OCc2cc(C#N)ccc21.Cl. The van der Waals surface area contributed by atoms with Gasteiger partial charge in [0.15, 0.2) is 0 Å². The molecular weight excluding hydrogens is 339 g/mol. The van der Waals surface area contributed by atoms with Crippen LogP contribution in [-0.4, -0.2) is 25.5 Å². The fourth-order valence-electron chi connectivity index (χ4n) is 3.41. The van der Waals surface area contributed by atoms with Crippen LogP contribution in [-0.2, 0) is 16.9 Å². The number of fused-ring (bicyclic) bond motifs is 1. The highest BCUT2D eigenvalue weighted by Crippen LogP contribution is 2.45. The van der Waals surface area contributed by atoms with E-state index < -0.39 is 5.60 Å². The zero-order chi connectivity index (χ0) is 17.2. The van der Waals surface area contributed by atoms with Crippen LogP contribution in [0.3, 0.4) is 0 Å². The number of rotatable bonds is 5. The summed E-state index contributed by atoms with van der Waals surface area (Å²) in [7, 11) is 4.10. The zero-order valence-corrected chi connectivity index (χ0v) is 15.3. The van der Waals surface area contributed by atoms with Gasteiger partial charge in [0.05, 0.1) is 18.2 Å². The fraction of sp³-hybridized carbons (Fsp3) is 0.350. The second-order valence-corrected chi connectivity index (χ2v) is 6.51. The van der Waals surface area contributed by atoms with E-state index >= 15 is 0 Å². The Morgan fingerprint density at radius 1 is 1.20 bits per heavy atom. The lowest BCUT2D eigenvalue weighted by Crippen LogP contribution is -2.28. The van der Waals surface area contributed by atoms with Gasteiger partial charge >= 0.3 is 0 Å². The van der Waals surface area contributed by atoms with Gasteiger partial charge in [-0.25, -0.2) is 4.39 Å². The number of ether oxygens (including phenoxy) is 1. The molecule has 0 bridgehead atoms. The maximum absolute atomic E-state index is 13.4. The average Bonchev–Trinajstić information content (AvgIpc) is 2.94. The molecule has 0 aliphatic carbocycles. The topological polar surface area (TPSA) is 36.3 Å². The lowest BCUT2D eigenvalue weighted by atomic mass is 9.81. The number of hydrogen-bond acceptors (Lipinski definition) is 3. The predicted octanol–water partition coefficient (Wildman–Crippen LogP) is 4.23. The van der Waals surface area contributed by atoms with Gasteiger partial charge in [-0.3, -0.25) is 0 Å². The van der Waals surface area contributed by atoms with E-state index in [-0.39, 0.29) is 18.2 Å². The quantitative estimate of drug-likeness (QED) is 0.800. The molecule has 3 nitrogen and oxygen atoms in total. The highest BCUT2D eigenvalue weighted by Gasteiger charge is 2.41. The van der Waals surface area contributed by atoms with Crippen LogP contribution in [0.25, 0.3) is 0 Å². The highest BCUT2D eigenvalue weighted by molar-refractivity contribution is 5.85. The van der Waals surface area contributed by atoms with Crippen LogP contribution >= 0.6 is 12.4 Å². The van der Waals surface area contributed by atoms with Gasteiger partial charge in [0.1, 0.15) is 11.4 Å².